The van der Waals surface area contributed by atoms with E-state index in [-0.39, 0.29) is 12.1 Å². The topological polar surface area (TPSA) is 97.4 Å². The fourth-order valence-corrected chi connectivity index (χ4v) is 4.24. The Bertz CT molecular complexity index is 1080. The number of anilines is 1. The summed E-state index contributed by atoms with van der Waals surface area (Å²) in [5, 5.41) is 18.9. The lowest BCUT2D eigenvalue weighted by atomic mass is 9.92. The van der Waals surface area contributed by atoms with Gasteiger partial charge in [-0.2, -0.15) is 5.10 Å². The summed E-state index contributed by atoms with van der Waals surface area (Å²) in [6.45, 7) is 5.00. The van der Waals surface area contributed by atoms with E-state index in [0.29, 0.717) is 23.9 Å². The summed E-state index contributed by atoms with van der Waals surface area (Å²) in [7, 11) is 0. The first-order valence-electron chi connectivity index (χ1n) is 10.4. The lowest BCUT2D eigenvalue weighted by molar-refractivity contribution is -0.00628. The Morgan fingerprint density at radius 2 is 1.80 bits per heavy atom. The molecular weight excluding hydrogens is 384 g/mol. The molecule has 30 heavy (non-hydrogen) atoms. The molecule has 2 aromatic heterocycles. The van der Waals surface area contributed by atoms with Crippen LogP contribution in [0.2, 0.25) is 0 Å². The molecule has 0 aliphatic carbocycles. The normalized spacial score (nSPS) is 19.3. The van der Waals surface area contributed by atoms with Gasteiger partial charge < -0.3 is 20.1 Å². The second-order valence-electron chi connectivity index (χ2n) is 8.06. The van der Waals surface area contributed by atoms with E-state index in [2.05, 4.69) is 32.4 Å². The van der Waals surface area contributed by atoms with Gasteiger partial charge in [0, 0.05) is 18.8 Å². The van der Waals surface area contributed by atoms with Gasteiger partial charge in [-0.15, -0.1) is 0 Å². The molecule has 1 aromatic carbocycles. The van der Waals surface area contributed by atoms with Crippen LogP contribution in [0.25, 0.3) is 16.7 Å². The summed E-state index contributed by atoms with van der Waals surface area (Å²) in [5.41, 5.74) is 1.46. The molecule has 4 heterocycles. The Labute approximate surface area is 173 Å². The number of aromatic nitrogens is 4. The largest absolute Gasteiger partial charge is 0.388 e. The standard InChI is InChI=1S/C21H26N6O3/c28-20-18-13-24-27(17-3-1-16(2-4-17)25-9-11-30-12-10-25)19(18)23-15-26(20)14-21(29)5-7-22-8-6-21/h1-4,13,15,22,29H,5-12,14H2. The van der Waals surface area contributed by atoms with Crippen LogP contribution in [-0.2, 0) is 11.3 Å². The van der Waals surface area contributed by atoms with E-state index >= 15 is 0 Å². The number of hydrogen-bond donors (Lipinski definition) is 2. The van der Waals surface area contributed by atoms with Gasteiger partial charge in [-0.1, -0.05) is 0 Å². The van der Waals surface area contributed by atoms with Crippen LogP contribution in [0.3, 0.4) is 0 Å². The van der Waals surface area contributed by atoms with Crippen molar-refractivity contribution in [3.63, 3.8) is 0 Å². The zero-order valence-electron chi connectivity index (χ0n) is 16.8. The third-order valence-corrected chi connectivity index (χ3v) is 6.02. The van der Waals surface area contributed by atoms with Gasteiger partial charge >= 0.3 is 0 Å². The molecule has 0 atom stereocenters. The number of rotatable bonds is 4. The second-order valence-corrected chi connectivity index (χ2v) is 8.06. The maximum atomic E-state index is 13.0. The van der Waals surface area contributed by atoms with Crippen molar-refractivity contribution >= 4 is 16.7 Å². The molecule has 9 heteroatoms. The fourth-order valence-electron chi connectivity index (χ4n) is 4.24. The van der Waals surface area contributed by atoms with E-state index in [1.165, 1.54) is 10.9 Å². The van der Waals surface area contributed by atoms with Gasteiger partial charge in [0.05, 0.1) is 37.2 Å². The molecular formula is C21H26N6O3. The molecule has 5 rings (SSSR count). The average Bonchev–Trinajstić information content (AvgIpc) is 3.22. The van der Waals surface area contributed by atoms with Crippen molar-refractivity contribution in [1.29, 1.82) is 0 Å². The van der Waals surface area contributed by atoms with E-state index in [9.17, 15) is 9.90 Å². The molecule has 2 saturated heterocycles. The maximum absolute atomic E-state index is 13.0. The summed E-state index contributed by atoms with van der Waals surface area (Å²) in [5.74, 6) is 0. The van der Waals surface area contributed by atoms with Gasteiger partial charge in [0.1, 0.15) is 11.7 Å². The fraction of sp³-hybridized carbons (Fsp3) is 0.476. The van der Waals surface area contributed by atoms with Crippen LogP contribution in [0.4, 0.5) is 5.69 Å². The van der Waals surface area contributed by atoms with Crippen molar-refractivity contribution in [3.8, 4) is 5.69 Å². The van der Waals surface area contributed by atoms with Gasteiger partial charge in [0.15, 0.2) is 5.65 Å². The van der Waals surface area contributed by atoms with E-state index < -0.39 is 5.60 Å². The molecule has 3 aromatic rings. The molecule has 158 valence electrons. The number of fused-ring (bicyclic) bond motifs is 1. The molecule has 0 saturated carbocycles. The molecule has 9 nitrogen and oxygen atoms in total. The van der Waals surface area contributed by atoms with Gasteiger partial charge in [0.25, 0.3) is 5.56 Å². The van der Waals surface area contributed by atoms with Crippen LogP contribution in [0.15, 0.2) is 41.6 Å². The monoisotopic (exact) mass is 410 g/mol. The van der Waals surface area contributed by atoms with Gasteiger partial charge in [-0.25, -0.2) is 9.67 Å². The molecule has 2 aliphatic heterocycles. The van der Waals surface area contributed by atoms with Gasteiger partial charge in [0.2, 0.25) is 0 Å². The van der Waals surface area contributed by atoms with E-state index in [0.717, 1.165) is 50.8 Å². The number of aliphatic hydroxyl groups is 1. The molecule has 2 N–H and O–H groups in total. The van der Waals surface area contributed by atoms with Gasteiger partial charge in [-0.05, 0) is 50.2 Å². The molecule has 0 radical (unpaired) electrons. The van der Waals surface area contributed by atoms with Crippen LogP contribution >= 0.6 is 0 Å². The second kappa shape index (κ2) is 7.82. The molecule has 0 unspecified atom stereocenters. The summed E-state index contributed by atoms with van der Waals surface area (Å²) < 4.78 is 8.60. The van der Waals surface area contributed by atoms with E-state index in [1.807, 2.05) is 12.1 Å². The van der Waals surface area contributed by atoms with Crippen molar-refractivity contribution in [2.24, 2.45) is 0 Å². The Morgan fingerprint density at radius 3 is 2.53 bits per heavy atom. The zero-order chi connectivity index (χ0) is 20.6. The average molecular weight is 410 g/mol. The Morgan fingerprint density at radius 1 is 1.10 bits per heavy atom. The Kier molecular flexibility index (Phi) is 5.01. The first-order chi connectivity index (χ1) is 14.6. The van der Waals surface area contributed by atoms with Crippen LogP contribution in [0.1, 0.15) is 12.8 Å². The number of nitrogens with zero attached hydrogens (tertiary/aromatic N) is 5. The zero-order valence-corrected chi connectivity index (χ0v) is 16.8. The SMILES string of the molecule is O=c1c2cnn(-c3ccc(N4CCOCC4)cc3)c2ncn1CC1(O)CCNCC1. The smallest absolute Gasteiger partial charge is 0.264 e. The molecule has 0 spiro atoms. The Hall–Kier alpha value is -2.75. The number of piperidine rings is 1. The summed E-state index contributed by atoms with van der Waals surface area (Å²) in [6.07, 6.45) is 4.31. The van der Waals surface area contributed by atoms with Crippen LogP contribution in [0.5, 0.6) is 0 Å². The first kappa shape index (κ1) is 19.2. The minimum Gasteiger partial charge on any atom is -0.388 e. The predicted molar refractivity (Wildman–Crippen MR) is 113 cm³/mol. The quantitative estimate of drug-likeness (QED) is 0.648. The first-order valence-corrected chi connectivity index (χ1v) is 10.4. The van der Waals surface area contributed by atoms with Crippen LogP contribution in [0, 0.1) is 0 Å². The van der Waals surface area contributed by atoms with Crippen molar-refractivity contribution in [2.75, 3.05) is 44.3 Å². The van der Waals surface area contributed by atoms with E-state index in [4.69, 9.17) is 4.74 Å². The van der Waals surface area contributed by atoms with Crippen molar-refractivity contribution < 1.29 is 9.84 Å². The van der Waals surface area contributed by atoms with Crippen molar-refractivity contribution in [2.45, 2.75) is 25.0 Å². The van der Waals surface area contributed by atoms with Crippen molar-refractivity contribution in [3.05, 3.63) is 47.1 Å². The third-order valence-electron chi connectivity index (χ3n) is 6.02. The summed E-state index contributed by atoms with van der Waals surface area (Å²) >= 11 is 0. The Balaban J connectivity index is 1.42. The molecule has 2 fully saturated rings. The summed E-state index contributed by atoms with van der Waals surface area (Å²) in [6, 6.07) is 8.09. The highest BCUT2D eigenvalue weighted by Crippen LogP contribution is 2.22. The maximum Gasteiger partial charge on any atom is 0.264 e. The van der Waals surface area contributed by atoms with Crippen LogP contribution in [-0.4, -0.2) is 69.4 Å². The van der Waals surface area contributed by atoms with Crippen LogP contribution < -0.4 is 15.8 Å². The highest BCUT2D eigenvalue weighted by Gasteiger charge is 2.30. The molecule has 0 amide bonds. The number of morpholine rings is 1. The van der Waals surface area contributed by atoms with E-state index in [1.54, 1.807) is 10.9 Å². The highest BCUT2D eigenvalue weighted by atomic mass is 16.5. The number of hydrogen-bond acceptors (Lipinski definition) is 7. The lowest BCUT2D eigenvalue weighted by Gasteiger charge is -2.32. The number of benzene rings is 1. The lowest BCUT2D eigenvalue weighted by Crippen LogP contribution is -2.46. The van der Waals surface area contributed by atoms with Crippen molar-refractivity contribution in [1.82, 2.24) is 24.6 Å². The third kappa shape index (κ3) is 3.60. The molecule has 2 aliphatic rings. The number of nitrogens with one attached hydrogen (secondary N) is 1. The van der Waals surface area contributed by atoms with Gasteiger partial charge in [-0.3, -0.25) is 9.36 Å². The minimum atomic E-state index is -0.879. The molecule has 0 bridgehead atoms. The highest BCUT2D eigenvalue weighted by molar-refractivity contribution is 5.75. The minimum absolute atomic E-state index is 0.178. The number of ether oxygens (including phenoxy) is 1. The summed E-state index contributed by atoms with van der Waals surface area (Å²) in [4.78, 5) is 19.8. The predicted octanol–water partition coefficient (Wildman–Crippen LogP) is 0.533.